The van der Waals surface area contributed by atoms with Crippen molar-refractivity contribution in [2.75, 3.05) is 34.5 Å². The first-order chi connectivity index (χ1) is 19.9. The maximum atomic E-state index is 11.3. The maximum Gasteiger partial charge on any atom is 0.161 e. The second-order valence-corrected chi connectivity index (χ2v) is 10.6. The summed E-state index contributed by atoms with van der Waals surface area (Å²) in [5, 5.41) is 11.9. The molecule has 1 unspecified atom stereocenters. The number of methoxy groups -OCH3 is 3. The van der Waals surface area contributed by atoms with Crippen LogP contribution in [-0.4, -0.2) is 44.5 Å². The van der Waals surface area contributed by atoms with Crippen molar-refractivity contribution in [2.45, 2.75) is 64.6 Å². The van der Waals surface area contributed by atoms with Crippen LogP contribution in [0.5, 0.6) is 23.0 Å². The molecule has 6 nitrogen and oxygen atoms in total. The van der Waals surface area contributed by atoms with Gasteiger partial charge in [0, 0.05) is 24.2 Å². The molecule has 0 aliphatic rings. The molecule has 3 aromatic carbocycles. The number of rotatable bonds is 18. The van der Waals surface area contributed by atoms with Crippen LogP contribution in [0.3, 0.4) is 0 Å². The van der Waals surface area contributed by atoms with Gasteiger partial charge in [-0.2, -0.15) is 0 Å². The molecule has 223 valence electrons. The summed E-state index contributed by atoms with van der Waals surface area (Å²) in [4.78, 5) is 2.23. The van der Waals surface area contributed by atoms with Crippen LogP contribution in [0.4, 0.5) is 0 Å². The summed E-state index contributed by atoms with van der Waals surface area (Å²) in [5.41, 5.74) is 2.84. The molecule has 0 aliphatic heterocycles. The zero-order chi connectivity index (χ0) is 29.6. The molecule has 0 bridgehead atoms. The van der Waals surface area contributed by atoms with Crippen LogP contribution in [0.1, 0.15) is 74.8 Å². The number of hydrogen-bond acceptors (Lipinski definition) is 6. The highest BCUT2D eigenvalue weighted by atomic mass is 35.5. The SMILES string of the molecule is C[CH][C@H](c1ccc(OC)c(OC)c1)N(Cc1ccc(OCCCCCCC)c(OC)c1)CC(O)c1cccc(Cl)c1. The molecule has 0 aliphatic carbocycles. The van der Waals surface area contributed by atoms with Crippen molar-refractivity contribution < 1.29 is 24.1 Å². The Morgan fingerprint density at radius 3 is 2.20 bits per heavy atom. The fourth-order valence-electron chi connectivity index (χ4n) is 5.02. The number of aliphatic hydroxyl groups excluding tert-OH is 1. The van der Waals surface area contributed by atoms with Crippen molar-refractivity contribution in [1.82, 2.24) is 4.90 Å². The van der Waals surface area contributed by atoms with Crippen LogP contribution in [0.2, 0.25) is 5.02 Å². The van der Waals surface area contributed by atoms with Crippen LogP contribution in [0, 0.1) is 6.42 Å². The van der Waals surface area contributed by atoms with Crippen LogP contribution in [0.25, 0.3) is 0 Å². The third-order valence-electron chi connectivity index (χ3n) is 7.22. The van der Waals surface area contributed by atoms with E-state index in [2.05, 4.69) is 24.3 Å². The predicted molar refractivity (Wildman–Crippen MR) is 166 cm³/mol. The molecule has 0 spiro atoms. The van der Waals surface area contributed by atoms with Gasteiger partial charge in [0.05, 0.1) is 34.0 Å². The van der Waals surface area contributed by atoms with E-state index in [1.807, 2.05) is 61.5 Å². The molecular formula is C34H45ClNO5. The highest BCUT2D eigenvalue weighted by Crippen LogP contribution is 2.36. The van der Waals surface area contributed by atoms with Gasteiger partial charge < -0.3 is 24.1 Å². The largest absolute Gasteiger partial charge is 0.493 e. The number of aliphatic hydroxyl groups is 1. The molecular weight excluding hydrogens is 538 g/mol. The molecule has 3 rings (SSSR count). The Labute approximate surface area is 251 Å². The lowest BCUT2D eigenvalue weighted by molar-refractivity contribution is 0.0893. The quantitative estimate of drug-likeness (QED) is 0.152. The van der Waals surface area contributed by atoms with E-state index in [4.69, 9.17) is 30.5 Å². The molecule has 0 fully saturated rings. The number of hydrogen-bond donors (Lipinski definition) is 1. The van der Waals surface area contributed by atoms with Crippen LogP contribution >= 0.6 is 11.6 Å². The van der Waals surface area contributed by atoms with Crippen molar-refractivity contribution >= 4 is 11.6 Å². The Morgan fingerprint density at radius 1 is 0.805 bits per heavy atom. The molecule has 3 aromatic rings. The van der Waals surface area contributed by atoms with Gasteiger partial charge in [-0.1, -0.05) is 75.4 Å². The molecule has 2 atom stereocenters. The molecule has 0 saturated carbocycles. The van der Waals surface area contributed by atoms with E-state index in [9.17, 15) is 5.11 Å². The Hall–Kier alpha value is -2.93. The summed E-state index contributed by atoms with van der Waals surface area (Å²) in [5.74, 6) is 2.78. The number of halogens is 1. The highest BCUT2D eigenvalue weighted by Gasteiger charge is 2.25. The molecule has 1 radical (unpaired) electrons. The number of benzene rings is 3. The molecule has 0 heterocycles. The second kappa shape index (κ2) is 17.1. The average Bonchev–Trinajstić information content (AvgIpc) is 2.99. The van der Waals surface area contributed by atoms with E-state index in [-0.39, 0.29) is 6.04 Å². The van der Waals surface area contributed by atoms with Gasteiger partial charge in [0.1, 0.15) is 0 Å². The Balaban J connectivity index is 1.86. The molecule has 41 heavy (non-hydrogen) atoms. The Bertz CT molecular complexity index is 1200. The molecule has 7 heteroatoms. The molecule has 0 aromatic heterocycles. The first-order valence-corrected chi connectivity index (χ1v) is 14.8. The topological polar surface area (TPSA) is 60.4 Å². The van der Waals surface area contributed by atoms with Gasteiger partial charge in [0.15, 0.2) is 23.0 Å². The molecule has 0 saturated heterocycles. The van der Waals surface area contributed by atoms with Crippen LogP contribution < -0.4 is 18.9 Å². The van der Waals surface area contributed by atoms with Gasteiger partial charge in [-0.05, 0) is 65.9 Å². The summed E-state index contributed by atoms with van der Waals surface area (Å²) >= 11 is 6.24. The summed E-state index contributed by atoms with van der Waals surface area (Å²) in [6.07, 6.45) is 7.31. The normalized spacial score (nSPS) is 12.7. The molecule has 1 N–H and O–H groups in total. The van der Waals surface area contributed by atoms with E-state index in [0.717, 1.165) is 28.9 Å². The van der Waals surface area contributed by atoms with Gasteiger partial charge >= 0.3 is 0 Å². The van der Waals surface area contributed by atoms with Crippen LogP contribution in [-0.2, 0) is 6.54 Å². The first-order valence-electron chi connectivity index (χ1n) is 14.4. The van der Waals surface area contributed by atoms with E-state index in [0.29, 0.717) is 42.0 Å². The van der Waals surface area contributed by atoms with Crippen molar-refractivity contribution in [1.29, 1.82) is 0 Å². The van der Waals surface area contributed by atoms with Crippen LogP contribution in [0.15, 0.2) is 60.7 Å². The highest BCUT2D eigenvalue weighted by molar-refractivity contribution is 6.30. The van der Waals surface area contributed by atoms with Crippen molar-refractivity contribution in [3.63, 3.8) is 0 Å². The minimum Gasteiger partial charge on any atom is -0.493 e. The summed E-state index contributed by atoms with van der Waals surface area (Å²) < 4.78 is 22.8. The lowest BCUT2D eigenvalue weighted by Gasteiger charge is -2.33. The third kappa shape index (κ3) is 9.56. The molecule has 0 amide bonds. The van der Waals surface area contributed by atoms with Gasteiger partial charge in [0.2, 0.25) is 0 Å². The zero-order valence-corrected chi connectivity index (χ0v) is 25.8. The van der Waals surface area contributed by atoms with Gasteiger partial charge in [-0.3, -0.25) is 4.90 Å². The number of nitrogens with zero attached hydrogens (tertiary/aromatic N) is 1. The Kier molecular flexibility index (Phi) is 13.6. The lowest BCUT2D eigenvalue weighted by Crippen LogP contribution is -2.32. The minimum atomic E-state index is -0.742. The first kappa shape index (κ1) is 32.6. The lowest BCUT2D eigenvalue weighted by atomic mass is 9.99. The van der Waals surface area contributed by atoms with E-state index >= 15 is 0 Å². The number of ether oxygens (including phenoxy) is 4. The Morgan fingerprint density at radius 2 is 1.51 bits per heavy atom. The van der Waals surface area contributed by atoms with E-state index in [1.165, 1.54) is 25.7 Å². The summed E-state index contributed by atoms with van der Waals surface area (Å²) in [6, 6.07) is 19.2. The summed E-state index contributed by atoms with van der Waals surface area (Å²) in [7, 11) is 4.93. The van der Waals surface area contributed by atoms with Gasteiger partial charge in [-0.25, -0.2) is 0 Å². The van der Waals surface area contributed by atoms with Gasteiger partial charge in [0.25, 0.3) is 0 Å². The fourth-order valence-corrected chi connectivity index (χ4v) is 5.22. The smallest absolute Gasteiger partial charge is 0.161 e. The fraction of sp³-hybridized carbons (Fsp3) is 0.441. The maximum absolute atomic E-state index is 11.3. The number of unbranched alkanes of at least 4 members (excludes halogenated alkanes) is 4. The predicted octanol–water partition coefficient (Wildman–Crippen LogP) is 8.22. The van der Waals surface area contributed by atoms with Crippen molar-refractivity contribution in [2.24, 2.45) is 0 Å². The third-order valence-corrected chi connectivity index (χ3v) is 7.45. The van der Waals surface area contributed by atoms with Crippen molar-refractivity contribution in [3.8, 4) is 23.0 Å². The summed E-state index contributed by atoms with van der Waals surface area (Å²) in [6.45, 7) is 5.86. The standard InChI is InChI=1S/C34H45ClNO5/c1-6-8-9-10-11-19-41-32-17-15-25(20-33(32)39-4)23-36(24-30(37)27-13-12-14-28(35)21-27)29(7-2)26-16-18-31(38-3)34(22-26)40-5/h7,12-18,20-22,29-30,37H,6,8-11,19,23-24H2,1-5H3/t29-,30?/m1/s1. The van der Waals surface area contributed by atoms with Gasteiger partial charge in [-0.15, -0.1) is 0 Å². The van der Waals surface area contributed by atoms with Crippen molar-refractivity contribution in [3.05, 3.63) is 88.8 Å². The zero-order valence-electron chi connectivity index (χ0n) is 25.1. The average molecular weight is 583 g/mol. The van der Waals surface area contributed by atoms with E-state index in [1.54, 1.807) is 21.3 Å². The van der Waals surface area contributed by atoms with E-state index < -0.39 is 6.10 Å². The monoisotopic (exact) mass is 582 g/mol. The minimum absolute atomic E-state index is 0.117. The second-order valence-electron chi connectivity index (χ2n) is 10.1.